The van der Waals surface area contributed by atoms with E-state index in [1.807, 2.05) is 0 Å². The first-order valence-corrected chi connectivity index (χ1v) is 4.31. The van der Waals surface area contributed by atoms with Gasteiger partial charge < -0.3 is 9.84 Å². The predicted octanol–water partition coefficient (Wildman–Crippen LogP) is 2.42. The van der Waals surface area contributed by atoms with Crippen LogP contribution in [0.15, 0.2) is 12.1 Å². The molecular weight excluding hydrogens is 190 g/mol. The maximum absolute atomic E-state index is 13.2. The smallest absolute Gasteiger partial charge is 0.165 e. The van der Waals surface area contributed by atoms with Crippen molar-refractivity contribution in [1.82, 2.24) is 0 Å². The van der Waals surface area contributed by atoms with E-state index in [0.717, 1.165) is 12.1 Å². The van der Waals surface area contributed by atoms with E-state index >= 15 is 0 Å². The average molecular weight is 202 g/mol. The number of rotatable bonds is 3. The van der Waals surface area contributed by atoms with Crippen molar-refractivity contribution in [3.63, 3.8) is 0 Å². The quantitative estimate of drug-likeness (QED) is 0.815. The van der Waals surface area contributed by atoms with Crippen molar-refractivity contribution >= 4 is 0 Å². The molecule has 0 heterocycles. The van der Waals surface area contributed by atoms with E-state index in [4.69, 9.17) is 4.74 Å². The van der Waals surface area contributed by atoms with Crippen LogP contribution >= 0.6 is 0 Å². The maximum Gasteiger partial charge on any atom is 0.165 e. The van der Waals surface area contributed by atoms with Crippen molar-refractivity contribution in [3.05, 3.63) is 29.3 Å². The minimum absolute atomic E-state index is 0.116. The Kier molecular flexibility index (Phi) is 3.41. The molecular formula is C10H12F2O2. The molecule has 0 aliphatic rings. The van der Waals surface area contributed by atoms with Crippen LogP contribution in [0, 0.1) is 11.6 Å². The van der Waals surface area contributed by atoms with E-state index in [1.54, 1.807) is 6.92 Å². The Bertz CT molecular complexity index is 326. The molecule has 1 aromatic rings. The van der Waals surface area contributed by atoms with Crippen LogP contribution < -0.4 is 4.74 Å². The molecule has 0 aromatic heterocycles. The summed E-state index contributed by atoms with van der Waals surface area (Å²) in [5.41, 5.74) is -0.116. The second kappa shape index (κ2) is 4.37. The maximum atomic E-state index is 13.2. The minimum Gasteiger partial charge on any atom is -0.493 e. The largest absolute Gasteiger partial charge is 0.493 e. The van der Waals surface area contributed by atoms with E-state index in [1.165, 1.54) is 7.11 Å². The number of halogens is 2. The SMILES string of the molecule is CCC(O)c1c(F)ccc(F)c1OC. The molecule has 4 heteroatoms. The second-order valence-corrected chi connectivity index (χ2v) is 2.90. The summed E-state index contributed by atoms with van der Waals surface area (Å²) >= 11 is 0. The predicted molar refractivity (Wildman–Crippen MR) is 48.2 cm³/mol. The van der Waals surface area contributed by atoms with Gasteiger partial charge in [0.2, 0.25) is 0 Å². The zero-order valence-electron chi connectivity index (χ0n) is 8.05. The fourth-order valence-electron chi connectivity index (χ4n) is 1.27. The fraction of sp³-hybridized carbons (Fsp3) is 0.400. The lowest BCUT2D eigenvalue weighted by Gasteiger charge is -2.14. The van der Waals surface area contributed by atoms with Crippen LogP contribution in [-0.2, 0) is 0 Å². The third-order valence-corrected chi connectivity index (χ3v) is 2.02. The molecule has 1 unspecified atom stereocenters. The molecule has 78 valence electrons. The number of methoxy groups -OCH3 is 1. The highest BCUT2D eigenvalue weighted by molar-refractivity contribution is 5.37. The van der Waals surface area contributed by atoms with E-state index in [0.29, 0.717) is 6.42 Å². The normalized spacial score (nSPS) is 12.6. The number of aliphatic hydroxyl groups is 1. The monoisotopic (exact) mass is 202 g/mol. The second-order valence-electron chi connectivity index (χ2n) is 2.90. The molecule has 2 nitrogen and oxygen atoms in total. The summed E-state index contributed by atoms with van der Waals surface area (Å²) < 4.78 is 31.1. The fourth-order valence-corrected chi connectivity index (χ4v) is 1.27. The standard InChI is InChI=1S/C10H12F2O2/c1-3-8(13)9-6(11)4-5-7(12)10(9)14-2/h4-5,8,13H,3H2,1-2H3. The van der Waals surface area contributed by atoms with E-state index in [-0.39, 0.29) is 11.3 Å². The van der Waals surface area contributed by atoms with Gasteiger partial charge in [-0.2, -0.15) is 0 Å². The molecule has 0 saturated carbocycles. The van der Waals surface area contributed by atoms with Gasteiger partial charge in [0.1, 0.15) is 5.82 Å². The van der Waals surface area contributed by atoms with Gasteiger partial charge in [0.25, 0.3) is 0 Å². The Morgan fingerprint density at radius 1 is 1.36 bits per heavy atom. The zero-order valence-corrected chi connectivity index (χ0v) is 8.05. The number of benzene rings is 1. The van der Waals surface area contributed by atoms with Crippen LogP contribution in [0.1, 0.15) is 25.0 Å². The lowest BCUT2D eigenvalue weighted by molar-refractivity contribution is 0.163. The Hall–Kier alpha value is -1.16. The third-order valence-electron chi connectivity index (χ3n) is 2.02. The highest BCUT2D eigenvalue weighted by atomic mass is 19.1. The molecule has 0 aliphatic heterocycles. The zero-order chi connectivity index (χ0) is 10.7. The van der Waals surface area contributed by atoms with Gasteiger partial charge in [-0.3, -0.25) is 0 Å². The van der Waals surface area contributed by atoms with E-state index < -0.39 is 17.7 Å². The molecule has 0 saturated heterocycles. The first-order valence-electron chi connectivity index (χ1n) is 4.31. The first kappa shape index (κ1) is 10.9. The molecule has 1 aromatic carbocycles. The van der Waals surface area contributed by atoms with Crippen LogP contribution in [0.3, 0.4) is 0 Å². The van der Waals surface area contributed by atoms with Crippen LogP contribution in [0.4, 0.5) is 8.78 Å². The van der Waals surface area contributed by atoms with Gasteiger partial charge in [0, 0.05) is 0 Å². The molecule has 1 rings (SSSR count). The molecule has 1 atom stereocenters. The number of hydrogen-bond donors (Lipinski definition) is 1. The Balaban J connectivity index is 3.29. The van der Waals surface area contributed by atoms with Gasteiger partial charge in [-0.15, -0.1) is 0 Å². The summed E-state index contributed by atoms with van der Waals surface area (Å²) in [5, 5.41) is 9.46. The molecule has 0 fully saturated rings. The topological polar surface area (TPSA) is 29.5 Å². The Morgan fingerprint density at radius 2 is 1.93 bits per heavy atom. The van der Waals surface area contributed by atoms with Gasteiger partial charge in [0.05, 0.1) is 18.8 Å². The van der Waals surface area contributed by atoms with Gasteiger partial charge in [-0.05, 0) is 18.6 Å². The molecule has 0 bridgehead atoms. The average Bonchev–Trinajstić information content (AvgIpc) is 2.19. The van der Waals surface area contributed by atoms with Crippen LogP contribution in [0.2, 0.25) is 0 Å². The van der Waals surface area contributed by atoms with Crippen molar-refractivity contribution in [3.8, 4) is 5.75 Å². The van der Waals surface area contributed by atoms with Gasteiger partial charge >= 0.3 is 0 Å². The molecule has 0 aliphatic carbocycles. The molecule has 14 heavy (non-hydrogen) atoms. The van der Waals surface area contributed by atoms with Crippen LogP contribution in [0.5, 0.6) is 5.75 Å². The summed E-state index contributed by atoms with van der Waals surface area (Å²) in [5.74, 6) is -1.55. The summed E-state index contributed by atoms with van der Waals surface area (Å²) in [7, 11) is 1.24. The lowest BCUT2D eigenvalue weighted by Crippen LogP contribution is -2.04. The molecule has 0 spiro atoms. The van der Waals surface area contributed by atoms with Crippen molar-refractivity contribution in [2.24, 2.45) is 0 Å². The van der Waals surface area contributed by atoms with Gasteiger partial charge in [-0.25, -0.2) is 8.78 Å². The molecule has 0 radical (unpaired) electrons. The van der Waals surface area contributed by atoms with Crippen LogP contribution in [0.25, 0.3) is 0 Å². The Labute approximate surface area is 81.1 Å². The summed E-state index contributed by atoms with van der Waals surface area (Å²) in [4.78, 5) is 0. The van der Waals surface area contributed by atoms with Crippen LogP contribution in [-0.4, -0.2) is 12.2 Å². The molecule has 0 amide bonds. The van der Waals surface area contributed by atoms with E-state index in [9.17, 15) is 13.9 Å². The minimum atomic E-state index is -1.04. The number of hydrogen-bond acceptors (Lipinski definition) is 2. The summed E-state index contributed by atoms with van der Waals surface area (Å²) in [6.45, 7) is 1.68. The Morgan fingerprint density at radius 3 is 2.43 bits per heavy atom. The lowest BCUT2D eigenvalue weighted by atomic mass is 10.1. The van der Waals surface area contributed by atoms with Gasteiger partial charge in [0.15, 0.2) is 11.6 Å². The number of aliphatic hydroxyl groups excluding tert-OH is 1. The van der Waals surface area contributed by atoms with Gasteiger partial charge in [-0.1, -0.05) is 6.92 Å². The van der Waals surface area contributed by atoms with Crippen molar-refractivity contribution in [2.75, 3.05) is 7.11 Å². The van der Waals surface area contributed by atoms with E-state index in [2.05, 4.69) is 0 Å². The van der Waals surface area contributed by atoms with Crippen molar-refractivity contribution in [1.29, 1.82) is 0 Å². The van der Waals surface area contributed by atoms with Crippen molar-refractivity contribution < 1.29 is 18.6 Å². The third kappa shape index (κ3) is 1.85. The number of ether oxygens (including phenoxy) is 1. The summed E-state index contributed by atoms with van der Waals surface area (Å²) in [6.07, 6.45) is -0.739. The first-order chi connectivity index (χ1) is 6.61. The summed E-state index contributed by atoms with van der Waals surface area (Å²) in [6, 6.07) is 1.95. The van der Waals surface area contributed by atoms with Crippen molar-refractivity contribution in [2.45, 2.75) is 19.4 Å². The highest BCUT2D eigenvalue weighted by Gasteiger charge is 2.20. The highest BCUT2D eigenvalue weighted by Crippen LogP contribution is 2.31. The molecule has 1 N–H and O–H groups in total.